The van der Waals surface area contributed by atoms with E-state index in [9.17, 15) is 14.3 Å². The first-order chi connectivity index (χ1) is 12.5. The van der Waals surface area contributed by atoms with Crippen LogP contribution in [0.1, 0.15) is 40.7 Å². The number of rotatable bonds is 5. The van der Waals surface area contributed by atoms with Gasteiger partial charge in [0.05, 0.1) is 11.7 Å². The molecule has 3 rings (SSSR count). The zero-order valence-electron chi connectivity index (χ0n) is 15.2. The van der Waals surface area contributed by atoms with Crippen LogP contribution in [0.2, 0.25) is 0 Å². The molecule has 2 aromatic carbocycles. The Labute approximate surface area is 154 Å². The number of hydrogen-bond donors (Lipinski definition) is 1. The fourth-order valence-corrected chi connectivity index (χ4v) is 3.65. The molecule has 4 heteroatoms. The van der Waals surface area contributed by atoms with Crippen LogP contribution < -0.4 is 0 Å². The van der Waals surface area contributed by atoms with Crippen molar-refractivity contribution in [1.29, 1.82) is 0 Å². The van der Waals surface area contributed by atoms with Crippen molar-refractivity contribution in [3.63, 3.8) is 0 Å². The van der Waals surface area contributed by atoms with E-state index in [0.717, 1.165) is 31.2 Å². The molecule has 1 heterocycles. The van der Waals surface area contributed by atoms with Crippen molar-refractivity contribution >= 4 is 5.91 Å². The maximum atomic E-state index is 14.0. The molecule has 0 bridgehead atoms. The van der Waals surface area contributed by atoms with E-state index in [4.69, 9.17) is 0 Å². The summed E-state index contributed by atoms with van der Waals surface area (Å²) in [6.07, 6.45) is 2.75. The Hall–Kier alpha value is -2.20. The Morgan fingerprint density at radius 1 is 1.19 bits per heavy atom. The maximum Gasteiger partial charge on any atom is 0.256 e. The molecular weight excluding hydrogens is 329 g/mol. The Balaban J connectivity index is 1.51. The van der Waals surface area contributed by atoms with Crippen LogP contribution in [0, 0.1) is 18.7 Å². The second-order valence-electron chi connectivity index (χ2n) is 7.20. The van der Waals surface area contributed by atoms with Gasteiger partial charge in [0.25, 0.3) is 5.91 Å². The lowest BCUT2D eigenvalue weighted by atomic mass is 9.88. The van der Waals surface area contributed by atoms with Gasteiger partial charge in [-0.1, -0.05) is 36.4 Å². The molecule has 1 aliphatic heterocycles. The van der Waals surface area contributed by atoms with Crippen LogP contribution in [0.3, 0.4) is 0 Å². The third-order valence-electron chi connectivity index (χ3n) is 5.30. The highest BCUT2D eigenvalue weighted by Gasteiger charge is 2.28. The Kier molecular flexibility index (Phi) is 6.04. The minimum atomic E-state index is -0.458. The molecule has 0 spiro atoms. The number of carbonyl (C=O) groups excluding carboxylic acids is 1. The molecule has 1 saturated heterocycles. The highest BCUT2D eigenvalue weighted by atomic mass is 19.1. The molecule has 3 nitrogen and oxygen atoms in total. The van der Waals surface area contributed by atoms with E-state index in [0.29, 0.717) is 13.1 Å². The van der Waals surface area contributed by atoms with Crippen molar-refractivity contribution in [2.24, 2.45) is 5.92 Å². The van der Waals surface area contributed by atoms with E-state index in [-0.39, 0.29) is 23.5 Å². The first-order valence-electron chi connectivity index (χ1n) is 9.32. The quantitative estimate of drug-likeness (QED) is 0.881. The topological polar surface area (TPSA) is 40.5 Å². The van der Waals surface area contributed by atoms with Gasteiger partial charge in [0.2, 0.25) is 0 Å². The van der Waals surface area contributed by atoms with Gasteiger partial charge >= 0.3 is 0 Å². The predicted molar refractivity (Wildman–Crippen MR) is 101 cm³/mol. The second kappa shape index (κ2) is 8.45. The number of benzene rings is 2. The fourth-order valence-electron chi connectivity index (χ4n) is 3.65. The molecule has 0 unspecified atom stereocenters. The lowest BCUT2D eigenvalue weighted by molar-refractivity contribution is 0.0434. The molecule has 0 saturated carbocycles. The maximum absolute atomic E-state index is 14.0. The summed E-state index contributed by atoms with van der Waals surface area (Å²) in [5.41, 5.74) is 2.17. The van der Waals surface area contributed by atoms with Crippen molar-refractivity contribution in [2.45, 2.75) is 38.7 Å². The number of hydrogen-bond acceptors (Lipinski definition) is 2. The summed E-state index contributed by atoms with van der Waals surface area (Å²) in [5, 5.41) is 10.5. The number of piperidine rings is 1. The zero-order chi connectivity index (χ0) is 18.5. The molecule has 1 aliphatic rings. The molecule has 0 aromatic heterocycles. The van der Waals surface area contributed by atoms with Crippen molar-refractivity contribution in [1.82, 2.24) is 4.90 Å². The van der Waals surface area contributed by atoms with Crippen LogP contribution in [0.15, 0.2) is 48.5 Å². The number of amides is 1. The largest absolute Gasteiger partial charge is 0.393 e. The second-order valence-corrected chi connectivity index (χ2v) is 7.20. The summed E-state index contributed by atoms with van der Waals surface area (Å²) in [6, 6.07) is 14.9. The van der Waals surface area contributed by atoms with Crippen molar-refractivity contribution in [3.05, 3.63) is 71.0 Å². The normalized spacial score (nSPS) is 16.5. The number of halogens is 1. The van der Waals surface area contributed by atoms with Gasteiger partial charge in [-0.2, -0.15) is 0 Å². The molecule has 0 radical (unpaired) electrons. The van der Waals surface area contributed by atoms with Gasteiger partial charge in [0, 0.05) is 13.1 Å². The molecule has 138 valence electrons. The number of aryl methyl sites for hydroxylation is 2. The Bertz CT molecular complexity index is 739. The van der Waals surface area contributed by atoms with Crippen LogP contribution in [-0.2, 0) is 6.42 Å². The summed E-state index contributed by atoms with van der Waals surface area (Å²) in [5.74, 6) is -0.509. The average Bonchev–Trinajstić information content (AvgIpc) is 2.66. The van der Waals surface area contributed by atoms with Gasteiger partial charge in [-0.3, -0.25) is 4.79 Å². The van der Waals surface area contributed by atoms with E-state index in [1.165, 1.54) is 11.6 Å². The monoisotopic (exact) mass is 355 g/mol. The van der Waals surface area contributed by atoms with E-state index in [1.807, 2.05) is 18.2 Å². The van der Waals surface area contributed by atoms with Crippen molar-refractivity contribution < 1.29 is 14.3 Å². The number of carbonyl (C=O) groups is 1. The third kappa shape index (κ3) is 4.50. The summed E-state index contributed by atoms with van der Waals surface area (Å²) >= 11 is 0. The smallest absolute Gasteiger partial charge is 0.256 e. The van der Waals surface area contributed by atoms with E-state index in [1.54, 1.807) is 24.0 Å². The van der Waals surface area contributed by atoms with Gasteiger partial charge < -0.3 is 10.0 Å². The minimum Gasteiger partial charge on any atom is -0.393 e. The van der Waals surface area contributed by atoms with Gasteiger partial charge in [0.15, 0.2) is 0 Å². The van der Waals surface area contributed by atoms with E-state index < -0.39 is 5.82 Å². The molecule has 26 heavy (non-hydrogen) atoms. The van der Waals surface area contributed by atoms with Crippen LogP contribution in [0.4, 0.5) is 4.39 Å². The highest BCUT2D eigenvalue weighted by Crippen LogP contribution is 2.25. The van der Waals surface area contributed by atoms with Crippen LogP contribution in [0.5, 0.6) is 0 Å². The van der Waals surface area contributed by atoms with Crippen molar-refractivity contribution in [2.75, 3.05) is 13.1 Å². The van der Waals surface area contributed by atoms with Gasteiger partial charge in [0.1, 0.15) is 5.82 Å². The molecule has 1 fully saturated rings. The molecule has 1 N–H and O–H groups in total. The third-order valence-corrected chi connectivity index (χ3v) is 5.30. The SMILES string of the molecule is Cc1ccc(C(=O)N2CCC([C@@H](O)CCc3ccccc3)CC2)c(F)c1. The molecule has 0 aliphatic carbocycles. The lowest BCUT2D eigenvalue weighted by Gasteiger charge is -2.34. The number of likely N-dealkylation sites (tertiary alicyclic amines) is 1. The number of nitrogens with zero attached hydrogens (tertiary/aromatic N) is 1. The standard InChI is InChI=1S/C22H26FNO2/c1-16-7-9-19(20(23)15-16)22(26)24-13-11-18(12-14-24)21(25)10-8-17-5-3-2-4-6-17/h2-7,9,15,18,21,25H,8,10-14H2,1H3/t21-/m0/s1. The minimum absolute atomic E-state index is 0.138. The van der Waals surface area contributed by atoms with Crippen LogP contribution in [-0.4, -0.2) is 35.1 Å². The van der Waals surface area contributed by atoms with Crippen LogP contribution in [0.25, 0.3) is 0 Å². The molecule has 2 aromatic rings. The van der Waals surface area contributed by atoms with Gasteiger partial charge in [-0.05, 0) is 61.8 Å². The lowest BCUT2D eigenvalue weighted by Crippen LogP contribution is -2.41. The molecular formula is C22H26FNO2. The highest BCUT2D eigenvalue weighted by molar-refractivity contribution is 5.94. The summed E-state index contributed by atoms with van der Waals surface area (Å²) in [7, 11) is 0. The average molecular weight is 355 g/mol. The van der Waals surface area contributed by atoms with Crippen LogP contribution >= 0.6 is 0 Å². The van der Waals surface area contributed by atoms with E-state index in [2.05, 4.69) is 12.1 Å². The fraction of sp³-hybridized carbons (Fsp3) is 0.409. The summed E-state index contributed by atoms with van der Waals surface area (Å²) in [6.45, 7) is 2.94. The zero-order valence-corrected chi connectivity index (χ0v) is 15.2. The molecule has 1 amide bonds. The van der Waals surface area contributed by atoms with E-state index >= 15 is 0 Å². The van der Waals surface area contributed by atoms with Crippen molar-refractivity contribution in [3.8, 4) is 0 Å². The Morgan fingerprint density at radius 3 is 2.54 bits per heavy atom. The summed E-state index contributed by atoms with van der Waals surface area (Å²) in [4.78, 5) is 14.2. The Morgan fingerprint density at radius 2 is 1.88 bits per heavy atom. The first-order valence-corrected chi connectivity index (χ1v) is 9.32. The van der Waals surface area contributed by atoms with Gasteiger partial charge in [-0.15, -0.1) is 0 Å². The van der Waals surface area contributed by atoms with Gasteiger partial charge in [-0.25, -0.2) is 4.39 Å². The summed E-state index contributed by atoms with van der Waals surface area (Å²) < 4.78 is 14.0. The molecule has 1 atom stereocenters. The number of aliphatic hydroxyl groups excluding tert-OH is 1. The predicted octanol–water partition coefficient (Wildman–Crippen LogP) is 3.98. The number of aliphatic hydroxyl groups is 1. The first kappa shape index (κ1) is 18.6.